The summed E-state index contributed by atoms with van der Waals surface area (Å²) < 4.78 is 45.8. The average Bonchev–Trinajstić information content (AvgIpc) is 3.12. The summed E-state index contributed by atoms with van der Waals surface area (Å²) in [6.07, 6.45) is 1.30. The van der Waals surface area contributed by atoms with Gasteiger partial charge in [0.05, 0.1) is 5.92 Å². The molecule has 168 valence electrons. The molecule has 1 aromatic carbocycles. The van der Waals surface area contributed by atoms with Gasteiger partial charge in [0.25, 0.3) is 0 Å². The van der Waals surface area contributed by atoms with Gasteiger partial charge in [-0.25, -0.2) is 12.8 Å². The van der Waals surface area contributed by atoms with Gasteiger partial charge in [-0.05, 0) is 51.0 Å². The van der Waals surface area contributed by atoms with Gasteiger partial charge in [-0.2, -0.15) is 4.31 Å². The second-order valence-corrected chi connectivity index (χ2v) is 10.0. The van der Waals surface area contributed by atoms with E-state index in [-0.39, 0.29) is 34.8 Å². The maximum atomic E-state index is 13.2. The summed E-state index contributed by atoms with van der Waals surface area (Å²) in [5.74, 6) is -0.368. The fourth-order valence-corrected chi connectivity index (χ4v) is 6.24. The summed E-state index contributed by atoms with van der Waals surface area (Å²) in [4.78, 5) is 17.2. The Balaban J connectivity index is 1.40. The Hall–Kier alpha value is -2.46. The van der Waals surface area contributed by atoms with Gasteiger partial charge in [-0.15, -0.1) is 0 Å². The molecule has 2 fully saturated rings. The first-order valence-corrected chi connectivity index (χ1v) is 11.9. The zero-order valence-electron chi connectivity index (χ0n) is 17.8. The molecule has 0 spiro atoms. The molecule has 0 radical (unpaired) electrons. The lowest BCUT2D eigenvalue weighted by Gasteiger charge is -2.39. The molecule has 1 atom stereocenters. The standard InChI is InChI=1S/C21H27FN4O4S/c1-15-20(16(2)30-23-15)31(28,29)26-9-3-4-17(14-26)21(27)25-12-10-24(11-13-25)19-7-5-18(22)6-8-19/h5-8,17H,3-4,9-14H2,1-2H3/t17-/m1/s1. The maximum Gasteiger partial charge on any atom is 0.248 e. The SMILES string of the molecule is Cc1noc(C)c1S(=O)(=O)N1CCC[C@@H](C(=O)N2CCN(c3ccc(F)cc3)CC2)C1. The molecule has 2 aliphatic heterocycles. The van der Waals surface area contributed by atoms with Crippen LogP contribution in [0.1, 0.15) is 24.3 Å². The van der Waals surface area contributed by atoms with Crippen LogP contribution >= 0.6 is 0 Å². The fourth-order valence-electron chi connectivity index (χ4n) is 4.43. The van der Waals surface area contributed by atoms with Crippen molar-refractivity contribution in [2.45, 2.75) is 31.6 Å². The number of aryl methyl sites for hydroxylation is 2. The van der Waals surface area contributed by atoms with Crippen molar-refractivity contribution < 1.29 is 22.1 Å². The Bertz CT molecular complexity index is 1030. The summed E-state index contributed by atoms with van der Waals surface area (Å²) in [6.45, 7) is 6.18. The molecule has 2 aliphatic rings. The van der Waals surface area contributed by atoms with Gasteiger partial charge < -0.3 is 14.3 Å². The van der Waals surface area contributed by atoms with E-state index in [0.29, 0.717) is 51.3 Å². The number of nitrogens with zero attached hydrogens (tertiary/aromatic N) is 4. The number of carbonyl (C=O) groups is 1. The van der Waals surface area contributed by atoms with Crippen molar-refractivity contribution in [3.8, 4) is 0 Å². The summed E-state index contributed by atoms with van der Waals surface area (Å²) in [5, 5.41) is 3.76. The highest BCUT2D eigenvalue weighted by molar-refractivity contribution is 7.89. The first-order valence-electron chi connectivity index (χ1n) is 10.5. The minimum Gasteiger partial charge on any atom is -0.368 e. The summed E-state index contributed by atoms with van der Waals surface area (Å²) in [7, 11) is -3.76. The van der Waals surface area contributed by atoms with Gasteiger partial charge in [0.15, 0.2) is 5.76 Å². The molecule has 0 aliphatic carbocycles. The molecule has 8 nitrogen and oxygen atoms in total. The van der Waals surface area contributed by atoms with Gasteiger partial charge in [-0.3, -0.25) is 4.79 Å². The third kappa shape index (κ3) is 4.31. The molecule has 1 amide bonds. The maximum absolute atomic E-state index is 13.2. The largest absolute Gasteiger partial charge is 0.368 e. The number of amides is 1. The van der Waals surface area contributed by atoms with E-state index in [0.717, 1.165) is 5.69 Å². The normalized spacial score (nSPS) is 20.8. The number of benzene rings is 1. The number of aromatic nitrogens is 1. The summed E-state index contributed by atoms with van der Waals surface area (Å²) >= 11 is 0. The Morgan fingerprint density at radius 2 is 1.77 bits per heavy atom. The molecule has 2 aromatic rings. The van der Waals surface area contributed by atoms with E-state index >= 15 is 0 Å². The number of hydrogen-bond acceptors (Lipinski definition) is 6. The minimum absolute atomic E-state index is 0.00239. The van der Waals surface area contributed by atoms with Crippen LogP contribution in [0.5, 0.6) is 0 Å². The van der Waals surface area contributed by atoms with Crippen molar-refractivity contribution >= 4 is 21.6 Å². The molecule has 0 bridgehead atoms. The number of anilines is 1. The number of piperidine rings is 1. The van der Waals surface area contributed by atoms with Crippen molar-refractivity contribution in [1.82, 2.24) is 14.4 Å². The highest BCUT2D eigenvalue weighted by Gasteiger charge is 2.38. The van der Waals surface area contributed by atoms with E-state index in [9.17, 15) is 17.6 Å². The lowest BCUT2D eigenvalue weighted by molar-refractivity contribution is -0.137. The molecule has 0 saturated carbocycles. The molecule has 3 heterocycles. The first kappa shape index (κ1) is 21.8. The van der Waals surface area contributed by atoms with Crippen molar-refractivity contribution in [2.75, 3.05) is 44.2 Å². The van der Waals surface area contributed by atoms with Gasteiger partial charge in [0.1, 0.15) is 16.4 Å². The third-order valence-electron chi connectivity index (χ3n) is 6.08. The van der Waals surface area contributed by atoms with Crippen LogP contribution in [0.2, 0.25) is 0 Å². The van der Waals surface area contributed by atoms with Crippen LogP contribution in [0.3, 0.4) is 0 Å². The highest BCUT2D eigenvalue weighted by Crippen LogP contribution is 2.29. The quantitative estimate of drug-likeness (QED) is 0.710. The first-order chi connectivity index (χ1) is 14.8. The van der Waals surface area contributed by atoms with Gasteiger partial charge in [0, 0.05) is 45.0 Å². The number of sulfonamides is 1. The van der Waals surface area contributed by atoms with Crippen LogP contribution in [-0.4, -0.2) is 68.0 Å². The van der Waals surface area contributed by atoms with Gasteiger partial charge in [0.2, 0.25) is 15.9 Å². The Kier molecular flexibility index (Phi) is 6.02. The second-order valence-electron chi connectivity index (χ2n) is 8.14. The van der Waals surface area contributed by atoms with Crippen LogP contribution in [0.4, 0.5) is 10.1 Å². The van der Waals surface area contributed by atoms with Crippen molar-refractivity contribution in [3.63, 3.8) is 0 Å². The number of halogens is 1. The molecule has 0 unspecified atom stereocenters. The topological polar surface area (TPSA) is 87.0 Å². The second kappa shape index (κ2) is 8.58. The average molecular weight is 451 g/mol. The zero-order valence-corrected chi connectivity index (χ0v) is 18.6. The van der Waals surface area contributed by atoms with Crippen molar-refractivity contribution in [2.24, 2.45) is 5.92 Å². The van der Waals surface area contributed by atoms with Crippen LogP contribution in [0.15, 0.2) is 33.7 Å². The predicted molar refractivity (Wildman–Crippen MR) is 113 cm³/mol. The fraction of sp³-hybridized carbons (Fsp3) is 0.524. The highest BCUT2D eigenvalue weighted by atomic mass is 32.2. The van der Waals surface area contributed by atoms with Crippen LogP contribution < -0.4 is 4.90 Å². The number of hydrogen-bond donors (Lipinski definition) is 0. The monoisotopic (exact) mass is 450 g/mol. The lowest BCUT2D eigenvalue weighted by atomic mass is 9.97. The van der Waals surface area contributed by atoms with E-state index < -0.39 is 10.0 Å². The van der Waals surface area contributed by atoms with E-state index in [4.69, 9.17) is 4.52 Å². The zero-order chi connectivity index (χ0) is 22.2. The molecule has 4 rings (SSSR count). The molecule has 0 N–H and O–H groups in total. The van der Waals surface area contributed by atoms with E-state index in [1.807, 2.05) is 4.90 Å². The molecular formula is C21H27FN4O4S. The molecular weight excluding hydrogens is 423 g/mol. The van der Waals surface area contributed by atoms with E-state index in [2.05, 4.69) is 10.1 Å². The molecule has 10 heteroatoms. The van der Waals surface area contributed by atoms with E-state index in [1.165, 1.54) is 16.4 Å². The summed E-state index contributed by atoms with van der Waals surface area (Å²) in [5.41, 5.74) is 1.27. The molecule has 31 heavy (non-hydrogen) atoms. The number of piperazine rings is 1. The van der Waals surface area contributed by atoms with Crippen LogP contribution in [0.25, 0.3) is 0 Å². The number of carbonyl (C=O) groups excluding carboxylic acids is 1. The summed E-state index contributed by atoms with van der Waals surface area (Å²) in [6, 6.07) is 6.35. The van der Waals surface area contributed by atoms with Crippen LogP contribution in [-0.2, 0) is 14.8 Å². The molecule has 2 saturated heterocycles. The van der Waals surface area contributed by atoms with Gasteiger partial charge >= 0.3 is 0 Å². The Morgan fingerprint density at radius 3 is 2.39 bits per heavy atom. The smallest absolute Gasteiger partial charge is 0.248 e. The van der Waals surface area contributed by atoms with Crippen LogP contribution in [0, 0.1) is 25.6 Å². The van der Waals surface area contributed by atoms with Crippen molar-refractivity contribution in [3.05, 3.63) is 41.5 Å². The third-order valence-corrected chi connectivity index (χ3v) is 8.19. The van der Waals surface area contributed by atoms with Gasteiger partial charge in [-0.1, -0.05) is 5.16 Å². The Labute approximate surface area is 181 Å². The lowest BCUT2D eigenvalue weighted by Crippen LogP contribution is -2.53. The number of rotatable bonds is 4. The molecule has 1 aromatic heterocycles. The minimum atomic E-state index is -3.76. The van der Waals surface area contributed by atoms with E-state index in [1.54, 1.807) is 26.0 Å². The Morgan fingerprint density at radius 1 is 1.10 bits per heavy atom. The predicted octanol–water partition coefficient (Wildman–Crippen LogP) is 2.18. The van der Waals surface area contributed by atoms with Crippen molar-refractivity contribution in [1.29, 1.82) is 0 Å².